The summed E-state index contributed by atoms with van der Waals surface area (Å²) in [5.41, 5.74) is -2.46. The van der Waals surface area contributed by atoms with Crippen LogP contribution in [-0.2, 0) is 34.0 Å². The van der Waals surface area contributed by atoms with Crippen molar-refractivity contribution in [3.63, 3.8) is 0 Å². The molecule has 0 fully saturated rings. The summed E-state index contributed by atoms with van der Waals surface area (Å²) in [6.45, 7) is 1.28. The number of carboxylic acids is 2. The van der Waals surface area contributed by atoms with Gasteiger partial charge in [0.25, 0.3) is 20.2 Å². The Morgan fingerprint density at radius 3 is 1.91 bits per heavy atom. The summed E-state index contributed by atoms with van der Waals surface area (Å²) in [5.74, 6) is -4.04. The average Bonchev–Trinajstić information content (AvgIpc) is 2.27. The maximum Gasteiger partial charge on any atom is 0.342 e. The first-order valence-corrected chi connectivity index (χ1v) is 9.46. The van der Waals surface area contributed by atoms with Crippen molar-refractivity contribution in [2.24, 2.45) is 5.92 Å². The minimum absolute atomic E-state index is 0.233. The van der Waals surface area contributed by atoms with E-state index in [0.717, 1.165) is 12.2 Å². The van der Waals surface area contributed by atoms with E-state index in [-0.39, 0.29) is 5.57 Å². The molecule has 10 nitrogen and oxygen atoms in total. The molecule has 0 radical (unpaired) electrons. The number of carbonyl (C=O) groups is 2. The van der Waals surface area contributed by atoms with Crippen LogP contribution in [0.4, 0.5) is 0 Å². The fraction of sp³-hybridized carbons (Fsp3) is 0.455. The summed E-state index contributed by atoms with van der Waals surface area (Å²) in [6.07, 6.45) is 4.81. The second-order valence-corrected chi connectivity index (χ2v) is 7.67. The standard InChI is InChI=1S/C10H12O7S.CH4O3S/c1-6-7(8(11)12)4-3-5-10(6,9(13)14)17-18(2,15)16;1-5(2,3)4/h3-6H,1-2H3,(H,11,12)(H,13,14);1H3,(H,2,3,4). The van der Waals surface area contributed by atoms with Crippen LogP contribution in [0.15, 0.2) is 23.8 Å². The highest BCUT2D eigenvalue weighted by atomic mass is 32.2. The fourth-order valence-corrected chi connectivity index (χ4v) is 2.49. The second-order valence-electron chi connectivity index (χ2n) is 4.63. The molecule has 0 aliphatic heterocycles. The largest absolute Gasteiger partial charge is 0.479 e. The normalized spacial score (nSPS) is 24.2. The Kier molecular flexibility index (Phi) is 6.66. The lowest BCUT2D eigenvalue weighted by Gasteiger charge is -2.33. The van der Waals surface area contributed by atoms with Crippen LogP contribution in [0.2, 0.25) is 0 Å². The van der Waals surface area contributed by atoms with Crippen molar-refractivity contribution in [2.75, 3.05) is 12.5 Å². The van der Waals surface area contributed by atoms with Crippen molar-refractivity contribution in [1.82, 2.24) is 0 Å². The van der Waals surface area contributed by atoms with Gasteiger partial charge in [0.15, 0.2) is 0 Å². The molecule has 0 spiro atoms. The molecular weight excluding hydrogens is 356 g/mol. The van der Waals surface area contributed by atoms with E-state index in [9.17, 15) is 26.4 Å². The third kappa shape index (κ3) is 6.90. The van der Waals surface area contributed by atoms with Gasteiger partial charge >= 0.3 is 11.9 Å². The SMILES string of the molecule is CC1C(C(=O)O)=CC=CC1(OS(C)(=O)=O)C(=O)O.CS(=O)(=O)O. The number of aliphatic carboxylic acids is 2. The highest BCUT2D eigenvalue weighted by molar-refractivity contribution is 7.86. The van der Waals surface area contributed by atoms with E-state index >= 15 is 0 Å². The average molecular weight is 372 g/mol. The Labute approximate surface area is 132 Å². The van der Waals surface area contributed by atoms with Gasteiger partial charge in [-0.05, 0) is 6.08 Å². The van der Waals surface area contributed by atoms with E-state index in [1.54, 1.807) is 0 Å². The molecule has 132 valence electrons. The van der Waals surface area contributed by atoms with Crippen molar-refractivity contribution in [1.29, 1.82) is 0 Å². The van der Waals surface area contributed by atoms with Gasteiger partial charge in [0.05, 0.1) is 12.5 Å². The van der Waals surface area contributed by atoms with Gasteiger partial charge in [0, 0.05) is 11.5 Å². The Morgan fingerprint density at radius 2 is 1.61 bits per heavy atom. The van der Waals surface area contributed by atoms with Crippen LogP contribution in [0.3, 0.4) is 0 Å². The van der Waals surface area contributed by atoms with Gasteiger partial charge in [-0.3, -0.25) is 4.55 Å². The summed E-state index contributed by atoms with van der Waals surface area (Å²) < 4.78 is 52.8. The monoisotopic (exact) mass is 372 g/mol. The molecule has 1 aliphatic carbocycles. The first kappa shape index (κ1) is 21.2. The lowest BCUT2D eigenvalue weighted by molar-refractivity contribution is -0.154. The van der Waals surface area contributed by atoms with Crippen LogP contribution in [0.25, 0.3) is 0 Å². The molecule has 0 aromatic carbocycles. The number of allylic oxidation sites excluding steroid dienone is 2. The second kappa shape index (κ2) is 7.21. The highest BCUT2D eigenvalue weighted by Crippen LogP contribution is 2.35. The third-order valence-electron chi connectivity index (χ3n) is 2.60. The van der Waals surface area contributed by atoms with Crippen LogP contribution in [0.1, 0.15) is 6.92 Å². The lowest BCUT2D eigenvalue weighted by atomic mass is 9.79. The zero-order valence-electron chi connectivity index (χ0n) is 12.3. The number of carboxylic acid groups (broad SMARTS) is 2. The van der Waals surface area contributed by atoms with Crippen molar-refractivity contribution >= 4 is 32.2 Å². The van der Waals surface area contributed by atoms with Gasteiger partial charge in [-0.15, -0.1) is 0 Å². The maximum atomic E-state index is 11.3. The van der Waals surface area contributed by atoms with E-state index in [1.807, 2.05) is 0 Å². The molecule has 1 rings (SSSR count). The van der Waals surface area contributed by atoms with E-state index < -0.39 is 43.7 Å². The Morgan fingerprint density at radius 1 is 1.17 bits per heavy atom. The zero-order chi connectivity index (χ0) is 18.6. The molecular formula is C11H16O10S2. The van der Waals surface area contributed by atoms with Gasteiger partial charge in [-0.25, -0.2) is 13.8 Å². The summed E-state index contributed by atoms with van der Waals surface area (Å²) in [7, 11) is -7.73. The smallest absolute Gasteiger partial charge is 0.342 e. The summed E-state index contributed by atoms with van der Waals surface area (Å²) >= 11 is 0. The summed E-state index contributed by atoms with van der Waals surface area (Å²) in [4.78, 5) is 22.2. The molecule has 2 unspecified atom stereocenters. The highest BCUT2D eigenvalue weighted by Gasteiger charge is 2.49. The number of hydrogen-bond acceptors (Lipinski definition) is 7. The minimum Gasteiger partial charge on any atom is -0.479 e. The minimum atomic E-state index is -4.06. The van der Waals surface area contributed by atoms with Crippen molar-refractivity contribution in [2.45, 2.75) is 12.5 Å². The Balaban J connectivity index is 0.000000841. The molecule has 0 saturated carbocycles. The molecule has 0 aromatic rings. The molecule has 3 N–H and O–H groups in total. The summed E-state index contributed by atoms with van der Waals surface area (Å²) in [5, 5.41) is 18.1. The van der Waals surface area contributed by atoms with Crippen LogP contribution < -0.4 is 0 Å². The Bertz CT molecular complexity index is 736. The van der Waals surface area contributed by atoms with Crippen LogP contribution in [-0.4, -0.2) is 61.7 Å². The van der Waals surface area contributed by atoms with Crippen molar-refractivity contribution in [3.8, 4) is 0 Å². The quantitative estimate of drug-likeness (QED) is 0.431. The molecule has 0 bridgehead atoms. The fourth-order valence-electron chi connectivity index (χ4n) is 1.71. The van der Waals surface area contributed by atoms with Gasteiger partial charge < -0.3 is 10.2 Å². The van der Waals surface area contributed by atoms with Crippen LogP contribution in [0.5, 0.6) is 0 Å². The lowest BCUT2D eigenvalue weighted by Crippen LogP contribution is -2.49. The maximum absolute atomic E-state index is 11.3. The topological polar surface area (TPSA) is 172 Å². The number of rotatable bonds is 4. The van der Waals surface area contributed by atoms with Gasteiger partial charge in [0.1, 0.15) is 0 Å². The zero-order valence-corrected chi connectivity index (χ0v) is 14.0. The van der Waals surface area contributed by atoms with Gasteiger partial charge in [0.2, 0.25) is 5.60 Å². The van der Waals surface area contributed by atoms with E-state index in [4.69, 9.17) is 14.8 Å². The van der Waals surface area contributed by atoms with Gasteiger partial charge in [-0.1, -0.05) is 19.1 Å². The first-order valence-electron chi connectivity index (χ1n) is 5.79. The predicted octanol–water partition coefficient (Wildman–Crippen LogP) is -0.493. The van der Waals surface area contributed by atoms with E-state index in [2.05, 4.69) is 4.18 Å². The van der Waals surface area contributed by atoms with Crippen LogP contribution in [0, 0.1) is 5.92 Å². The molecule has 0 heterocycles. The third-order valence-corrected chi connectivity index (χ3v) is 3.18. The molecule has 0 amide bonds. The molecule has 0 saturated heterocycles. The summed E-state index contributed by atoms with van der Waals surface area (Å²) in [6, 6.07) is 0. The van der Waals surface area contributed by atoms with E-state index in [1.165, 1.54) is 13.0 Å². The van der Waals surface area contributed by atoms with Crippen LogP contribution >= 0.6 is 0 Å². The molecule has 2 atom stereocenters. The van der Waals surface area contributed by atoms with E-state index in [0.29, 0.717) is 12.5 Å². The predicted molar refractivity (Wildman–Crippen MR) is 77.8 cm³/mol. The molecule has 0 aromatic heterocycles. The molecule has 1 aliphatic rings. The van der Waals surface area contributed by atoms with Gasteiger partial charge in [-0.2, -0.15) is 16.8 Å². The number of hydrogen-bond donors (Lipinski definition) is 3. The Hall–Kier alpha value is -1.76. The van der Waals surface area contributed by atoms with Crippen molar-refractivity contribution < 1.29 is 45.4 Å². The molecule has 23 heavy (non-hydrogen) atoms. The molecule has 12 heteroatoms. The van der Waals surface area contributed by atoms with Crippen molar-refractivity contribution in [3.05, 3.63) is 23.8 Å². The first-order chi connectivity index (χ1) is 10.1.